The monoisotopic (exact) mass is 409 g/mol. The van der Waals surface area contributed by atoms with E-state index < -0.39 is 9.84 Å². The van der Waals surface area contributed by atoms with Crippen LogP contribution < -0.4 is 10.2 Å². The van der Waals surface area contributed by atoms with Crippen molar-refractivity contribution in [3.05, 3.63) is 66.2 Å². The summed E-state index contributed by atoms with van der Waals surface area (Å²) in [6, 6.07) is 19.0. The molecular weight excluding hydrogens is 382 g/mol. The quantitative estimate of drug-likeness (QED) is 0.602. The Morgan fingerprint density at radius 1 is 0.931 bits per heavy atom. The van der Waals surface area contributed by atoms with E-state index in [4.69, 9.17) is 4.98 Å². The summed E-state index contributed by atoms with van der Waals surface area (Å²) >= 11 is 0. The first-order valence-electron chi connectivity index (χ1n) is 10.3. The number of nitrogens with zero attached hydrogens (tertiary/aromatic N) is 2. The molecule has 2 heterocycles. The molecule has 2 aromatic carbocycles. The van der Waals surface area contributed by atoms with Crippen molar-refractivity contribution < 1.29 is 8.42 Å². The van der Waals surface area contributed by atoms with Gasteiger partial charge in [-0.2, -0.15) is 0 Å². The molecule has 0 saturated carbocycles. The molecule has 1 aromatic heterocycles. The lowest BCUT2D eigenvalue weighted by molar-refractivity contribution is 0.570. The number of hydrogen-bond acceptors (Lipinski definition) is 5. The fourth-order valence-electron chi connectivity index (χ4n) is 3.83. The van der Waals surface area contributed by atoms with E-state index in [-0.39, 0.29) is 5.75 Å². The van der Waals surface area contributed by atoms with Crippen molar-refractivity contribution in [3.8, 4) is 0 Å². The molecule has 4 rings (SSSR count). The summed E-state index contributed by atoms with van der Waals surface area (Å²) in [4.78, 5) is 7.69. The fraction of sp³-hybridized carbons (Fsp3) is 0.348. The molecule has 0 amide bonds. The highest BCUT2D eigenvalue weighted by molar-refractivity contribution is 7.91. The van der Waals surface area contributed by atoms with Crippen LogP contribution in [0, 0.1) is 0 Å². The van der Waals surface area contributed by atoms with Crippen LogP contribution in [0.3, 0.4) is 0 Å². The molecule has 152 valence electrons. The highest BCUT2D eigenvalue weighted by atomic mass is 32.2. The number of rotatable bonds is 7. The zero-order valence-corrected chi connectivity index (χ0v) is 17.4. The fourth-order valence-corrected chi connectivity index (χ4v) is 5.06. The van der Waals surface area contributed by atoms with Crippen molar-refractivity contribution in [1.29, 1.82) is 0 Å². The molecule has 1 aliphatic heterocycles. The van der Waals surface area contributed by atoms with E-state index in [1.165, 1.54) is 19.3 Å². The molecule has 0 spiro atoms. The van der Waals surface area contributed by atoms with Crippen LogP contribution in [0.1, 0.15) is 24.8 Å². The van der Waals surface area contributed by atoms with Gasteiger partial charge in [-0.05, 0) is 43.5 Å². The Bertz CT molecular complexity index is 1060. The topological polar surface area (TPSA) is 62.3 Å². The van der Waals surface area contributed by atoms with Crippen molar-refractivity contribution in [2.24, 2.45) is 0 Å². The predicted molar refractivity (Wildman–Crippen MR) is 118 cm³/mol. The molecule has 3 aromatic rings. The summed E-state index contributed by atoms with van der Waals surface area (Å²) in [7, 11) is -3.27. The van der Waals surface area contributed by atoms with Gasteiger partial charge in [0.15, 0.2) is 9.84 Å². The van der Waals surface area contributed by atoms with E-state index in [1.807, 2.05) is 24.3 Å². The number of fused-ring (bicyclic) bond motifs is 1. The summed E-state index contributed by atoms with van der Waals surface area (Å²) in [5, 5.41) is 4.44. The minimum atomic E-state index is -3.27. The minimum absolute atomic E-state index is 0.0804. The molecular formula is C23H27N3O2S. The Hall–Kier alpha value is -2.44. The van der Waals surface area contributed by atoms with Crippen molar-refractivity contribution in [2.45, 2.75) is 30.7 Å². The second-order valence-corrected chi connectivity index (χ2v) is 9.63. The Morgan fingerprint density at radius 3 is 2.45 bits per heavy atom. The van der Waals surface area contributed by atoms with E-state index in [0.717, 1.165) is 35.4 Å². The number of sulfone groups is 1. The van der Waals surface area contributed by atoms with Gasteiger partial charge in [-0.3, -0.25) is 0 Å². The third-order valence-corrected chi connectivity index (χ3v) is 7.13. The Kier molecular flexibility index (Phi) is 6.11. The van der Waals surface area contributed by atoms with Crippen LogP contribution in [0.15, 0.2) is 65.6 Å². The van der Waals surface area contributed by atoms with Gasteiger partial charge in [-0.15, -0.1) is 0 Å². The van der Waals surface area contributed by atoms with Gasteiger partial charge in [-0.25, -0.2) is 13.4 Å². The van der Waals surface area contributed by atoms with Crippen molar-refractivity contribution in [3.63, 3.8) is 0 Å². The maximum atomic E-state index is 12.5. The molecule has 6 heteroatoms. The molecule has 0 unspecified atom stereocenters. The molecule has 5 nitrogen and oxygen atoms in total. The third-order valence-electron chi connectivity index (χ3n) is 5.40. The van der Waals surface area contributed by atoms with Crippen LogP contribution in [-0.4, -0.2) is 38.8 Å². The first-order valence-corrected chi connectivity index (χ1v) is 11.9. The minimum Gasteiger partial charge on any atom is -0.356 e. The van der Waals surface area contributed by atoms with Gasteiger partial charge in [0, 0.05) is 37.1 Å². The second kappa shape index (κ2) is 8.93. The molecule has 29 heavy (non-hydrogen) atoms. The summed E-state index contributed by atoms with van der Waals surface area (Å²) in [5.41, 5.74) is 2.13. The smallest absolute Gasteiger partial charge is 0.179 e. The standard InChI is InChI=1S/C23H27N3O2S/c27-29(28,21-10-3-1-4-11-21)16-13-24-18-20-17-19-9-5-6-12-22(19)25-23(20)26-14-7-2-8-15-26/h1,3-6,9-12,17,24H,2,7-8,13-16,18H2. The van der Waals surface area contributed by atoms with Crippen LogP contribution >= 0.6 is 0 Å². The summed E-state index contributed by atoms with van der Waals surface area (Å²) < 4.78 is 24.9. The maximum absolute atomic E-state index is 12.5. The van der Waals surface area contributed by atoms with Gasteiger partial charge < -0.3 is 10.2 Å². The predicted octanol–water partition coefficient (Wildman–Crippen LogP) is 3.79. The average Bonchev–Trinajstić information content (AvgIpc) is 2.77. The summed E-state index contributed by atoms with van der Waals surface area (Å²) in [6.45, 7) is 3.07. The van der Waals surface area contributed by atoms with Gasteiger partial charge in [0.05, 0.1) is 16.2 Å². The van der Waals surface area contributed by atoms with Gasteiger partial charge >= 0.3 is 0 Å². The van der Waals surface area contributed by atoms with Crippen molar-refractivity contribution in [2.75, 3.05) is 30.3 Å². The van der Waals surface area contributed by atoms with Crippen LogP contribution in [0.5, 0.6) is 0 Å². The van der Waals surface area contributed by atoms with Crippen molar-refractivity contribution >= 4 is 26.6 Å². The van der Waals surface area contributed by atoms with E-state index in [0.29, 0.717) is 18.0 Å². The lowest BCUT2D eigenvalue weighted by Gasteiger charge is -2.30. The summed E-state index contributed by atoms with van der Waals surface area (Å²) in [5.74, 6) is 1.11. The number of nitrogens with one attached hydrogen (secondary N) is 1. The molecule has 0 bridgehead atoms. The Balaban J connectivity index is 1.48. The van der Waals surface area contributed by atoms with Crippen molar-refractivity contribution in [1.82, 2.24) is 10.3 Å². The van der Waals surface area contributed by atoms with E-state index in [2.05, 4.69) is 22.3 Å². The zero-order valence-electron chi connectivity index (χ0n) is 16.5. The Labute approximate surface area is 172 Å². The number of para-hydroxylation sites is 1. The molecule has 1 fully saturated rings. The van der Waals surface area contributed by atoms with Gasteiger partial charge in [0.2, 0.25) is 0 Å². The third kappa shape index (κ3) is 4.77. The largest absolute Gasteiger partial charge is 0.356 e. The molecule has 1 N–H and O–H groups in total. The van der Waals surface area contributed by atoms with E-state index in [9.17, 15) is 8.42 Å². The Morgan fingerprint density at radius 2 is 1.66 bits per heavy atom. The van der Waals surface area contributed by atoms with Gasteiger partial charge in [-0.1, -0.05) is 36.4 Å². The lowest BCUT2D eigenvalue weighted by atomic mass is 10.1. The van der Waals surface area contributed by atoms with E-state index in [1.54, 1.807) is 24.3 Å². The number of pyridine rings is 1. The first kappa shape index (κ1) is 19.9. The number of piperidine rings is 1. The average molecular weight is 410 g/mol. The zero-order chi connectivity index (χ0) is 20.1. The van der Waals surface area contributed by atoms with Crippen LogP contribution in [0.25, 0.3) is 10.9 Å². The molecule has 1 aliphatic rings. The van der Waals surface area contributed by atoms with Crippen LogP contribution in [0.4, 0.5) is 5.82 Å². The number of anilines is 1. The highest BCUT2D eigenvalue weighted by Crippen LogP contribution is 2.26. The van der Waals surface area contributed by atoms with Crippen LogP contribution in [-0.2, 0) is 16.4 Å². The van der Waals surface area contributed by atoms with Gasteiger partial charge in [0.1, 0.15) is 5.82 Å². The number of benzene rings is 2. The SMILES string of the molecule is O=S(=O)(CCNCc1cc2ccccc2nc1N1CCCCC1)c1ccccc1. The number of hydrogen-bond donors (Lipinski definition) is 1. The molecule has 0 atom stereocenters. The van der Waals surface area contributed by atoms with Gasteiger partial charge in [0.25, 0.3) is 0 Å². The number of aromatic nitrogens is 1. The second-order valence-electron chi connectivity index (χ2n) is 7.52. The highest BCUT2D eigenvalue weighted by Gasteiger charge is 2.18. The molecule has 0 aliphatic carbocycles. The van der Waals surface area contributed by atoms with Crippen LogP contribution in [0.2, 0.25) is 0 Å². The first-order chi connectivity index (χ1) is 14.1. The normalized spacial score (nSPS) is 15.0. The summed E-state index contributed by atoms with van der Waals surface area (Å²) in [6.07, 6.45) is 3.66. The molecule has 0 radical (unpaired) electrons. The van der Waals surface area contributed by atoms with E-state index >= 15 is 0 Å². The maximum Gasteiger partial charge on any atom is 0.179 e. The molecule has 1 saturated heterocycles. The lowest BCUT2D eigenvalue weighted by Crippen LogP contribution is -2.32.